The molecule has 0 saturated carbocycles. The number of piperazine rings is 1. The third kappa shape index (κ3) is 4.92. The summed E-state index contributed by atoms with van der Waals surface area (Å²) in [6.45, 7) is 9.43. The van der Waals surface area contributed by atoms with Crippen LogP contribution < -0.4 is 0 Å². The van der Waals surface area contributed by atoms with Crippen molar-refractivity contribution in [3.05, 3.63) is 35.4 Å². The smallest absolute Gasteiger partial charge is 0.236 e. The summed E-state index contributed by atoms with van der Waals surface area (Å²) in [5.74, 6) is 0.250. The highest BCUT2D eigenvalue weighted by Gasteiger charge is 2.35. The Hall–Kier alpha value is -1.47. The van der Waals surface area contributed by atoms with E-state index in [9.17, 15) is 4.79 Å². The van der Waals surface area contributed by atoms with E-state index in [1.54, 1.807) is 0 Å². The number of carbonyl (C=O) groups excluding carboxylic acids is 1. The Morgan fingerprint density at radius 2 is 1.86 bits per heavy atom. The monoisotopic (exact) mass is 387 g/mol. The SMILES string of the molecule is Cc1cccc(CN2CCN(C(=O)CN3CCCCC3C3OCCO3)CC2)c1. The number of ether oxygens (including phenoxy) is 2. The van der Waals surface area contributed by atoms with Crippen molar-refractivity contribution in [1.29, 1.82) is 0 Å². The zero-order chi connectivity index (χ0) is 19.3. The highest BCUT2D eigenvalue weighted by atomic mass is 16.7. The molecule has 3 saturated heterocycles. The van der Waals surface area contributed by atoms with Crippen molar-refractivity contribution in [2.45, 2.75) is 45.1 Å². The van der Waals surface area contributed by atoms with Gasteiger partial charge in [0.2, 0.25) is 5.91 Å². The van der Waals surface area contributed by atoms with Crippen molar-refractivity contribution in [3.63, 3.8) is 0 Å². The van der Waals surface area contributed by atoms with Gasteiger partial charge in [0.05, 0.1) is 25.8 Å². The first-order chi connectivity index (χ1) is 13.7. The summed E-state index contributed by atoms with van der Waals surface area (Å²) in [5, 5.41) is 0. The predicted molar refractivity (Wildman–Crippen MR) is 108 cm³/mol. The number of nitrogens with zero attached hydrogens (tertiary/aromatic N) is 3. The van der Waals surface area contributed by atoms with Crippen molar-refractivity contribution >= 4 is 5.91 Å². The van der Waals surface area contributed by atoms with Gasteiger partial charge in [0.15, 0.2) is 6.29 Å². The number of hydrogen-bond acceptors (Lipinski definition) is 5. The number of aryl methyl sites for hydroxylation is 1. The molecule has 1 aromatic carbocycles. The molecule has 0 bridgehead atoms. The van der Waals surface area contributed by atoms with E-state index in [4.69, 9.17) is 9.47 Å². The first-order valence-corrected chi connectivity index (χ1v) is 10.7. The molecule has 4 rings (SSSR count). The van der Waals surface area contributed by atoms with Crippen LogP contribution in [0.5, 0.6) is 0 Å². The van der Waals surface area contributed by atoms with Gasteiger partial charge in [-0.25, -0.2) is 0 Å². The molecule has 1 atom stereocenters. The molecule has 0 N–H and O–H groups in total. The molecule has 0 aromatic heterocycles. The van der Waals surface area contributed by atoms with E-state index < -0.39 is 0 Å². The van der Waals surface area contributed by atoms with Crippen molar-refractivity contribution in [1.82, 2.24) is 14.7 Å². The molecule has 3 aliphatic heterocycles. The van der Waals surface area contributed by atoms with Crippen molar-refractivity contribution < 1.29 is 14.3 Å². The second-order valence-electron chi connectivity index (χ2n) is 8.29. The molecule has 1 amide bonds. The third-order valence-electron chi connectivity index (χ3n) is 6.18. The minimum atomic E-state index is -0.153. The molecule has 154 valence electrons. The maximum absolute atomic E-state index is 12.9. The standard InChI is InChI=1S/C22H33N3O3/c1-18-5-4-6-19(15-18)16-23-9-11-24(12-10-23)21(26)17-25-8-3-2-7-20(25)22-27-13-14-28-22/h4-6,15,20,22H,2-3,7-14,16-17H2,1H3. The summed E-state index contributed by atoms with van der Waals surface area (Å²) in [5.41, 5.74) is 2.66. The van der Waals surface area contributed by atoms with Gasteiger partial charge in [-0.15, -0.1) is 0 Å². The molecule has 0 aliphatic carbocycles. The van der Waals surface area contributed by atoms with Crippen LogP contribution in [0.4, 0.5) is 0 Å². The molecule has 6 nitrogen and oxygen atoms in total. The number of amides is 1. The van der Waals surface area contributed by atoms with Gasteiger partial charge in [-0.05, 0) is 31.9 Å². The zero-order valence-corrected chi connectivity index (χ0v) is 17.0. The highest BCUT2D eigenvalue weighted by molar-refractivity contribution is 5.78. The minimum Gasteiger partial charge on any atom is -0.349 e. The lowest BCUT2D eigenvalue weighted by atomic mass is 10.0. The van der Waals surface area contributed by atoms with E-state index in [0.29, 0.717) is 19.8 Å². The van der Waals surface area contributed by atoms with E-state index in [2.05, 4.69) is 41.0 Å². The Kier molecular flexibility index (Phi) is 6.62. The van der Waals surface area contributed by atoms with Gasteiger partial charge >= 0.3 is 0 Å². The fourth-order valence-electron chi connectivity index (χ4n) is 4.62. The molecule has 1 unspecified atom stereocenters. The number of piperidine rings is 1. The van der Waals surface area contributed by atoms with Crippen molar-refractivity contribution in [3.8, 4) is 0 Å². The highest BCUT2D eigenvalue weighted by Crippen LogP contribution is 2.24. The van der Waals surface area contributed by atoms with Crippen LogP contribution in [0.25, 0.3) is 0 Å². The van der Waals surface area contributed by atoms with Gasteiger partial charge < -0.3 is 14.4 Å². The maximum Gasteiger partial charge on any atom is 0.236 e. The number of benzene rings is 1. The fourth-order valence-corrected chi connectivity index (χ4v) is 4.62. The first-order valence-electron chi connectivity index (χ1n) is 10.7. The second-order valence-corrected chi connectivity index (χ2v) is 8.29. The topological polar surface area (TPSA) is 45.2 Å². The van der Waals surface area contributed by atoms with E-state index in [1.165, 1.54) is 17.5 Å². The van der Waals surface area contributed by atoms with Gasteiger partial charge in [0, 0.05) is 32.7 Å². The lowest BCUT2D eigenvalue weighted by molar-refractivity contribution is -0.141. The van der Waals surface area contributed by atoms with Crippen molar-refractivity contribution in [2.24, 2.45) is 0 Å². The number of likely N-dealkylation sites (tertiary alicyclic amines) is 1. The van der Waals surface area contributed by atoms with Crippen LogP contribution in [-0.4, -0.2) is 85.4 Å². The van der Waals surface area contributed by atoms with E-state index in [0.717, 1.165) is 52.1 Å². The largest absolute Gasteiger partial charge is 0.349 e. The Bertz CT molecular complexity index is 654. The Balaban J connectivity index is 1.26. The van der Waals surface area contributed by atoms with Crippen LogP contribution in [0.2, 0.25) is 0 Å². The van der Waals surface area contributed by atoms with Crippen LogP contribution in [0.3, 0.4) is 0 Å². The molecular weight excluding hydrogens is 354 g/mol. The minimum absolute atomic E-state index is 0.153. The van der Waals surface area contributed by atoms with Crippen molar-refractivity contribution in [2.75, 3.05) is 52.5 Å². The summed E-state index contributed by atoms with van der Waals surface area (Å²) in [6.07, 6.45) is 3.25. The summed E-state index contributed by atoms with van der Waals surface area (Å²) in [4.78, 5) is 19.7. The van der Waals surface area contributed by atoms with Crippen LogP contribution in [0.15, 0.2) is 24.3 Å². The number of rotatable bonds is 5. The van der Waals surface area contributed by atoms with Crippen LogP contribution in [0, 0.1) is 6.92 Å². The van der Waals surface area contributed by atoms with Gasteiger partial charge in [0.25, 0.3) is 0 Å². The van der Waals surface area contributed by atoms with E-state index in [1.807, 2.05) is 4.90 Å². The maximum atomic E-state index is 12.9. The Labute approximate surface area is 168 Å². The van der Waals surface area contributed by atoms with E-state index in [-0.39, 0.29) is 18.2 Å². The predicted octanol–water partition coefficient (Wildman–Crippen LogP) is 1.87. The average Bonchev–Trinajstić information content (AvgIpc) is 3.24. The van der Waals surface area contributed by atoms with Gasteiger partial charge in [0.1, 0.15) is 0 Å². The summed E-state index contributed by atoms with van der Waals surface area (Å²) >= 11 is 0. The second kappa shape index (κ2) is 9.35. The molecule has 0 radical (unpaired) electrons. The summed E-state index contributed by atoms with van der Waals surface area (Å²) in [7, 11) is 0. The molecule has 3 aliphatic rings. The lowest BCUT2D eigenvalue weighted by Crippen LogP contribution is -2.54. The van der Waals surface area contributed by atoms with Gasteiger partial charge in [-0.3, -0.25) is 14.6 Å². The van der Waals surface area contributed by atoms with Crippen LogP contribution >= 0.6 is 0 Å². The summed E-state index contributed by atoms with van der Waals surface area (Å²) < 4.78 is 11.5. The zero-order valence-electron chi connectivity index (χ0n) is 17.0. The van der Waals surface area contributed by atoms with Gasteiger partial charge in [-0.2, -0.15) is 0 Å². The summed E-state index contributed by atoms with van der Waals surface area (Å²) in [6, 6.07) is 8.92. The Morgan fingerprint density at radius 1 is 1.07 bits per heavy atom. The molecule has 3 heterocycles. The molecule has 1 aromatic rings. The molecule has 28 heavy (non-hydrogen) atoms. The van der Waals surface area contributed by atoms with Gasteiger partial charge in [-0.1, -0.05) is 36.2 Å². The Morgan fingerprint density at radius 3 is 2.61 bits per heavy atom. The molecular formula is C22H33N3O3. The molecule has 3 fully saturated rings. The van der Waals surface area contributed by atoms with Crippen LogP contribution in [-0.2, 0) is 20.8 Å². The number of hydrogen-bond donors (Lipinski definition) is 0. The average molecular weight is 388 g/mol. The molecule has 6 heteroatoms. The number of carbonyl (C=O) groups is 1. The normalized spacial score (nSPS) is 25.3. The first kappa shape index (κ1) is 19.8. The van der Waals surface area contributed by atoms with E-state index >= 15 is 0 Å². The van der Waals surface area contributed by atoms with Crippen LogP contribution in [0.1, 0.15) is 30.4 Å². The molecule has 0 spiro atoms. The third-order valence-corrected chi connectivity index (χ3v) is 6.18. The lowest BCUT2D eigenvalue weighted by Gasteiger charge is -2.40. The fraction of sp³-hybridized carbons (Fsp3) is 0.682. The quantitative estimate of drug-likeness (QED) is 0.772.